The van der Waals surface area contributed by atoms with Crippen molar-refractivity contribution < 1.29 is 4.79 Å². The van der Waals surface area contributed by atoms with Gasteiger partial charge in [0.2, 0.25) is 5.91 Å². The monoisotopic (exact) mass is 351 g/mol. The number of nitrogens with one attached hydrogen (secondary N) is 2. The summed E-state index contributed by atoms with van der Waals surface area (Å²) in [7, 11) is 3.55. The van der Waals surface area contributed by atoms with E-state index >= 15 is 0 Å². The molecule has 0 aromatic carbocycles. The molecule has 0 aromatic heterocycles. The van der Waals surface area contributed by atoms with Crippen LogP contribution in [0.25, 0.3) is 0 Å². The number of piperidine rings is 1. The van der Waals surface area contributed by atoms with Crippen LogP contribution in [0, 0.1) is 5.92 Å². The van der Waals surface area contributed by atoms with Crippen LogP contribution in [0.3, 0.4) is 0 Å². The normalized spacial score (nSPS) is 20.7. The Bertz CT molecular complexity index is 424. The lowest BCUT2D eigenvalue weighted by Crippen LogP contribution is -2.44. The molecule has 0 bridgehead atoms. The molecule has 0 aromatic rings. The van der Waals surface area contributed by atoms with Gasteiger partial charge < -0.3 is 20.4 Å². The number of aliphatic imine (C=N–C) groups is 1. The number of carbonyl (C=O) groups excluding carboxylic acids is 1. The summed E-state index contributed by atoms with van der Waals surface area (Å²) in [6.07, 6.45) is 8.75. The molecule has 6 nitrogen and oxygen atoms in total. The summed E-state index contributed by atoms with van der Waals surface area (Å²) in [5.41, 5.74) is 0. The summed E-state index contributed by atoms with van der Waals surface area (Å²) in [6, 6.07) is 0.504. The molecule has 1 saturated carbocycles. The highest BCUT2D eigenvalue weighted by Crippen LogP contribution is 2.17. The van der Waals surface area contributed by atoms with Gasteiger partial charge in [-0.1, -0.05) is 19.8 Å². The quantitative estimate of drug-likeness (QED) is 0.416. The van der Waals surface area contributed by atoms with Crippen LogP contribution < -0.4 is 10.6 Å². The molecule has 0 spiro atoms. The van der Waals surface area contributed by atoms with Crippen molar-refractivity contribution in [1.29, 1.82) is 0 Å². The molecule has 25 heavy (non-hydrogen) atoms. The van der Waals surface area contributed by atoms with Crippen molar-refractivity contribution in [2.75, 3.05) is 46.8 Å². The van der Waals surface area contributed by atoms with Crippen molar-refractivity contribution in [3.05, 3.63) is 0 Å². The Labute approximate surface area is 153 Å². The topological polar surface area (TPSA) is 60.0 Å². The summed E-state index contributed by atoms with van der Waals surface area (Å²) in [5.74, 6) is 1.72. The number of nitrogens with zero attached hydrogens (tertiary/aromatic N) is 3. The van der Waals surface area contributed by atoms with Gasteiger partial charge in [0.25, 0.3) is 0 Å². The highest BCUT2D eigenvalue weighted by molar-refractivity contribution is 5.84. The highest BCUT2D eigenvalue weighted by Gasteiger charge is 2.17. The zero-order valence-corrected chi connectivity index (χ0v) is 16.4. The van der Waals surface area contributed by atoms with E-state index in [-0.39, 0.29) is 12.5 Å². The van der Waals surface area contributed by atoms with Gasteiger partial charge in [0.1, 0.15) is 6.54 Å². The fourth-order valence-electron chi connectivity index (χ4n) is 3.50. The number of amides is 1. The summed E-state index contributed by atoms with van der Waals surface area (Å²) in [6.45, 7) is 7.08. The average Bonchev–Trinajstić information content (AvgIpc) is 3.10. The third-order valence-electron chi connectivity index (χ3n) is 5.39. The minimum absolute atomic E-state index is 0.0370. The zero-order chi connectivity index (χ0) is 18.1. The summed E-state index contributed by atoms with van der Waals surface area (Å²) in [4.78, 5) is 20.5. The molecule has 2 fully saturated rings. The first kappa shape index (κ1) is 20.0. The SMILES string of the molecule is CC1CCN(CCCNC(=NCC(=O)N(C)C)NC2CCCC2)CC1. The lowest BCUT2D eigenvalue weighted by molar-refractivity contribution is -0.127. The van der Waals surface area contributed by atoms with E-state index in [2.05, 4.69) is 27.4 Å². The van der Waals surface area contributed by atoms with E-state index in [1.54, 1.807) is 19.0 Å². The molecule has 0 unspecified atom stereocenters. The molecule has 0 atom stereocenters. The Kier molecular flexibility index (Phi) is 8.52. The van der Waals surface area contributed by atoms with Crippen LogP contribution >= 0.6 is 0 Å². The summed E-state index contributed by atoms with van der Waals surface area (Å²) < 4.78 is 0. The van der Waals surface area contributed by atoms with Crippen LogP contribution in [0.15, 0.2) is 4.99 Å². The van der Waals surface area contributed by atoms with E-state index in [1.807, 2.05) is 0 Å². The number of carbonyl (C=O) groups is 1. The number of hydrogen-bond donors (Lipinski definition) is 2. The van der Waals surface area contributed by atoms with Gasteiger partial charge in [0, 0.05) is 26.7 Å². The number of guanidine groups is 1. The maximum Gasteiger partial charge on any atom is 0.243 e. The van der Waals surface area contributed by atoms with E-state index < -0.39 is 0 Å². The first-order valence-corrected chi connectivity index (χ1v) is 10.0. The van der Waals surface area contributed by atoms with Crippen LogP contribution in [0.5, 0.6) is 0 Å². The van der Waals surface area contributed by atoms with Crippen LogP contribution in [0.1, 0.15) is 51.9 Å². The number of hydrogen-bond acceptors (Lipinski definition) is 3. The first-order valence-electron chi connectivity index (χ1n) is 10.0. The second-order valence-electron chi connectivity index (χ2n) is 7.88. The molecule has 2 rings (SSSR count). The maximum absolute atomic E-state index is 11.8. The lowest BCUT2D eigenvalue weighted by Gasteiger charge is -2.30. The molecule has 144 valence electrons. The molecule has 1 saturated heterocycles. The Balaban J connectivity index is 1.72. The van der Waals surface area contributed by atoms with Crippen molar-refractivity contribution in [2.24, 2.45) is 10.9 Å². The molecule has 1 aliphatic carbocycles. The minimum Gasteiger partial charge on any atom is -0.356 e. The molecule has 2 aliphatic rings. The predicted molar refractivity (Wildman–Crippen MR) is 104 cm³/mol. The molecule has 1 aliphatic heterocycles. The van der Waals surface area contributed by atoms with Crippen LogP contribution in [-0.4, -0.2) is 74.5 Å². The van der Waals surface area contributed by atoms with E-state index in [9.17, 15) is 4.79 Å². The third-order valence-corrected chi connectivity index (χ3v) is 5.39. The van der Waals surface area contributed by atoms with Gasteiger partial charge in [0.15, 0.2) is 5.96 Å². The van der Waals surface area contributed by atoms with Gasteiger partial charge >= 0.3 is 0 Å². The Morgan fingerprint density at radius 1 is 1.16 bits per heavy atom. The minimum atomic E-state index is 0.0370. The molecular formula is C19H37N5O. The van der Waals surface area contributed by atoms with Gasteiger partial charge in [-0.25, -0.2) is 4.99 Å². The molecule has 1 heterocycles. The van der Waals surface area contributed by atoms with Gasteiger partial charge in [0.05, 0.1) is 0 Å². The zero-order valence-electron chi connectivity index (χ0n) is 16.4. The van der Waals surface area contributed by atoms with E-state index in [4.69, 9.17) is 0 Å². The fourth-order valence-corrected chi connectivity index (χ4v) is 3.50. The highest BCUT2D eigenvalue weighted by atomic mass is 16.2. The largest absolute Gasteiger partial charge is 0.356 e. The first-order chi connectivity index (χ1) is 12.0. The van der Waals surface area contributed by atoms with Gasteiger partial charge in [-0.15, -0.1) is 0 Å². The van der Waals surface area contributed by atoms with Gasteiger partial charge in [-0.3, -0.25) is 4.79 Å². The van der Waals surface area contributed by atoms with Crippen molar-refractivity contribution in [2.45, 2.75) is 57.9 Å². The Hall–Kier alpha value is -1.30. The van der Waals surface area contributed by atoms with Crippen molar-refractivity contribution in [3.63, 3.8) is 0 Å². The Morgan fingerprint density at radius 3 is 2.48 bits per heavy atom. The number of likely N-dealkylation sites (N-methyl/N-ethyl adjacent to an activating group) is 1. The van der Waals surface area contributed by atoms with Crippen molar-refractivity contribution in [3.8, 4) is 0 Å². The third kappa shape index (κ3) is 7.63. The Morgan fingerprint density at radius 2 is 1.84 bits per heavy atom. The van der Waals surface area contributed by atoms with Crippen LogP contribution in [0.4, 0.5) is 0 Å². The van der Waals surface area contributed by atoms with E-state index in [0.29, 0.717) is 6.04 Å². The van der Waals surface area contributed by atoms with Gasteiger partial charge in [-0.05, 0) is 57.7 Å². The molecule has 0 radical (unpaired) electrons. The van der Waals surface area contributed by atoms with E-state index in [0.717, 1.165) is 31.4 Å². The van der Waals surface area contributed by atoms with Crippen LogP contribution in [-0.2, 0) is 4.79 Å². The number of likely N-dealkylation sites (tertiary alicyclic amines) is 1. The second kappa shape index (κ2) is 10.6. The summed E-state index contributed by atoms with van der Waals surface area (Å²) >= 11 is 0. The van der Waals surface area contributed by atoms with Crippen molar-refractivity contribution in [1.82, 2.24) is 20.4 Å². The van der Waals surface area contributed by atoms with Crippen molar-refractivity contribution >= 4 is 11.9 Å². The van der Waals surface area contributed by atoms with Gasteiger partial charge in [-0.2, -0.15) is 0 Å². The fraction of sp³-hybridized carbons (Fsp3) is 0.895. The molecule has 6 heteroatoms. The smallest absolute Gasteiger partial charge is 0.243 e. The molecule has 2 N–H and O–H groups in total. The predicted octanol–water partition coefficient (Wildman–Crippen LogP) is 1.67. The second-order valence-corrected chi connectivity index (χ2v) is 7.88. The summed E-state index contributed by atoms with van der Waals surface area (Å²) in [5, 5.41) is 6.94. The molecule has 1 amide bonds. The lowest BCUT2D eigenvalue weighted by atomic mass is 9.99. The van der Waals surface area contributed by atoms with Crippen LogP contribution in [0.2, 0.25) is 0 Å². The standard InChI is InChI=1S/C19H37N5O/c1-16-9-13-24(14-10-16)12-6-11-20-19(21-15-18(25)23(2)3)22-17-7-4-5-8-17/h16-17H,4-15H2,1-3H3,(H2,20,21,22). The maximum atomic E-state index is 11.8. The average molecular weight is 352 g/mol. The molecular weight excluding hydrogens is 314 g/mol. The van der Waals surface area contributed by atoms with E-state index in [1.165, 1.54) is 51.6 Å². The number of rotatable bonds is 7.